The molecule has 1 amide bonds. The lowest BCUT2D eigenvalue weighted by atomic mass is 10.2. The van der Waals surface area contributed by atoms with Crippen molar-refractivity contribution in [3.05, 3.63) is 64.1 Å². The van der Waals surface area contributed by atoms with E-state index in [2.05, 4.69) is 15.3 Å². The molecule has 0 saturated heterocycles. The zero-order chi connectivity index (χ0) is 14.4. The largest absolute Gasteiger partial charge is 0.437 e. The Labute approximate surface area is 125 Å². The number of carbonyl (C=O) groups excluding carboxylic acids is 1. The number of anilines is 1. The first-order valence-corrected chi connectivity index (χ1v) is 6.42. The second-order valence-electron chi connectivity index (χ2n) is 3.77. The molecule has 1 N–H and O–H groups in total. The monoisotopic (exact) mass is 308 g/mol. The number of nitrogens with one attached hydrogen (secondary N) is 1. The van der Waals surface area contributed by atoms with Crippen LogP contribution >= 0.6 is 23.2 Å². The molecule has 0 unspecified atom stereocenters. The van der Waals surface area contributed by atoms with Crippen LogP contribution in [0.3, 0.4) is 0 Å². The Kier molecular flexibility index (Phi) is 4.98. The zero-order valence-corrected chi connectivity index (χ0v) is 11.7. The van der Waals surface area contributed by atoms with Crippen LogP contribution in [-0.4, -0.2) is 12.3 Å². The quantitative estimate of drug-likeness (QED) is 0.513. The standard InChI is InChI=1S/C14H10Cl2N2O2/c15-11-5-7-12(8-6-11)18-14(19)20-17-9-10-3-1-2-4-13(10)16/h1-9H,(H,18,19). The van der Waals surface area contributed by atoms with Gasteiger partial charge in [-0.05, 0) is 30.3 Å². The average molecular weight is 309 g/mol. The second-order valence-corrected chi connectivity index (χ2v) is 4.61. The van der Waals surface area contributed by atoms with E-state index < -0.39 is 6.09 Å². The lowest BCUT2D eigenvalue weighted by molar-refractivity contribution is 0.167. The molecular weight excluding hydrogens is 299 g/mol. The molecule has 0 bridgehead atoms. The van der Waals surface area contributed by atoms with Gasteiger partial charge in [-0.2, -0.15) is 0 Å². The third-order valence-electron chi connectivity index (χ3n) is 2.32. The first-order chi connectivity index (χ1) is 9.65. The number of nitrogens with zero attached hydrogens (tertiary/aromatic N) is 1. The van der Waals surface area contributed by atoms with Crippen molar-refractivity contribution in [1.29, 1.82) is 0 Å². The fraction of sp³-hybridized carbons (Fsp3) is 0. The molecule has 0 spiro atoms. The van der Waals surface area contributed by atoms with E-state index in [4.69, 9.17) is 23.2 Å². The van der Waals surface area contributed by atoms with Gasteiger partial charge in [0.15, 0.2) is 0 Å². The molecule has 0 atom stereocenters. The van der Waals surface area contributed by atoms with Crippen molar-refractivity contribution in [2.75, 3.05) is 5.32 Å². The molecule has 2 aromatic carbocycles. The van der Waals surface area contributed by atoms with E-state index in [-0.39, 0.29) is 0 Å². The summed E-state index contributed by atoms with van der Waals surface area (Å²) in [6, 6.07) is 13.7. The van der Waals surface area contributed by atoms with Gasteiger partial charge in [0.05, 0.1) is 6.21 Å². The first-order valence-electron chi connectivity index (χ1n) is 5.66. The molecule has 0 saturated carbocycles. The molecule has 0 heterocycles. The molecule has 102 valence electrons. The maximum atomic E-state index is 11.5. The van der Waals surface area contributed by atoms with Crippen LogP contribution in [0.5, 0.6) is 0 Å². The van der Waals surface area contributed by atoms with Gasteiger partial charge in [0.2, 0.25) is 0 Å². The van der Waals surface area contributed by atoms with Crippen molar-refractivity contribution < 1.29 is 9.63 Å². The summed E-state index contributed by atoms with van der Waals surface area (Å²) in [6.07, 6.45) is 0.666. The Bertz CT molecular complexity index is 627. The number of hydrogen-bond acceptors (Lipinski definition) is 3. The number of hydrogen-bond donors (Lipinski definition) is 1. The van der Waals surface area contributed by atoms with Gasteiger partial charge in [-0.25, -0.2) is 4.79 Å². The van der Waals surface area contributed by atoms with E-state index >= 15 is 0 Å². The molecule has 0 aliphatic carbocycles. The molecule has 20 heavy (non-hydrogen) atoms. The number of rotatable bonds is 3. The fourth-order valence-electron chi connectivity index (χ4n) is 1.38. The SMILES string of the molecule is O=C(Nc1ccc(Cl)cc1)ON=Cc1ccccc1Cl. The minimum atomic E-state index is -0.698. The topological polar surface area (TPSA) is 50.7 Å². The van der Waals surface area contributed by atoms with E-state index in [1.807, 2.05) is 0 Å². The van der Waals surface area contributed by atoms with Crippen LogP contribution in [0.4, 0.5) is 10.5 Å². The van der Waals surface area contributed by atoms with Crippen molar-refractivity contribution in [2.24, 2.45) is 5.16 Å². The molecule has 0 radical (unpaired) electrons. The average Bonchev–Trinajstić information content (AvgIpc) is 2.43. The summed E-state index contributed by atoms with van der Waals surface area (Å²) >= 11 is 11.7. The van der Waals surface area contributed by atoms with Gasteiger partial charge >= 0.3 is 6.09 Å². The van der Waals surface area contributed by atoms with E-state index in [9.17, 15) is 4.79 Å². The lowest BCUT2D eigenvalue weighted by Crippen LogP contribution is -2.10. The van der Waals surface area contributed by atoms with Crippen molar-refractivity contribution in [1.82, 2.24) is 0 Å². The van der Waals surface area contributed by atoms with Crippen LogP contribution < -0.4 is 5.32 Å². The zero-order valence-electron chi connectivity index (χ0n) is 10.2. The van der Waals surface area contributed by atoms with Gasteiger partial charge in [-0.3, -0.25) is 10.2 Å². The number of benzene rings is 2. The number of halogens is 2. The molecule has 6 heteroatoms. The van der Waals surface area contributed by atoms with Gasteiger partial charge in [0.25, 0.3) is 0 Å². The van der Waals surface area contributed by atoms with Gasteiger partial charge in [-0.15, -0.1) is 0 Å². The molecule has 4 nitrogen and oxygen atoms in total. The van der Waals surface area contributed by atoms with Crippen molar-refractivity contribution in [2.45, 2.75) is 0 Å². The van der Waals surface area contributed by atoms with Crippen LogP contribution in [0.25, 0.3) is 0 Å². The molecule has 0 aliphatic rings. The molecule has 2 aromatic rings. The summed E-state index contributed by atoms with van der Waals surface area (Å²) in [5.41, 5.74) is 1.22. The van der Waals surface area contributed by atoms with Crippen LogP contribution in [-0.2, 0) is 4.84 Å². The highest BCUT2D eigenvalue weighted by molar-refractivity contribution is 6.33. The fourth-order valence-corrected chi connectivity index (χ4v) is 1.70. The minimum Gasteiger partial charge on any atom is -0.298 e. The summed E-state index contributed by atoms with van der Waals surface area (Å²) in [5.74, 6) is 0. The van der Waals surface area contributed by atoms with Crippen molar-refractivity contribution in [3.8, 4) is 0 Å². The summed E-state index contributed by atoms with van der Waals surface area (Å²) < 4.78 is 0. The highest BCUT2D eigenvalue weighted by atomic mass is 35.5. The maximum absolute atomic E-state index is 11.5. The number of oxime groups is 1. The van der Waals surface area contributed by atoms with E-state index in [1.165, 1.54) is 6.21 Å². The Hall–Kier alpha value is -2.04. The molecular formula is C14H10Cl2N2O2. The van der Waals surface area contributed by atoms with E-state index in [0.717, 1.165) is 0 Å². The van der Waals surface area contributed by atoms with Crippen LogP contribution in [0.1, 0.15) is 5.56 Å². The number of carbonyl (C=O) groups is 1. The van der Waals surface area contributed by atoms with E-state index in [1.54, 1.807) is 48.5 Å². The third kappa shape index (κ3) is 4.26. The molecule has 0 aromatic heterocycles. The lowest BCUT2D eigenvalue weighted by Gasteiger charge is -2.02. The van der Waals surface area contributed by atoms with Crippen molar-refractivity contribution >= 4 is 41.2 Å². The summed E-state index contributed by atoms with van der Waals surface area (Å²) in [5, 5.41) is 7.18. The Morgan fingerprint density at radius 1 is 1.10 bits per heavy atom. The summed E-state index contributed by atoms with van der Waals surface area (Å²) in [6.45, 7) is 0. The van der Waals surface area contributed by atoms with Crippen LogP contribution in [0, 0.1) is 0 Å². The van der Waals surface area contributed by atoms with Crippen LogP contribution in [0.2, 0.25) is 10.0 Å². The van der Waals surface area contributed by atoms with Crippen molar-refractivity contribution in [3.63, 3.8) is 0 Å². The Balaban J connectivity index is 1.89. The number of amides is 1. The van der Waals surface area contributed by atoms with Crippen LogP contribution in [0.15, 0.2) is 53.7 Å². The summed E-state index contributed by atoms with van der Waals surface area (Å²) in [4.78, 5) is 16.1. The summed E-state index contributed by atoms with van der Waals surface area (Å²) in [7, 11) is 0. The van der Waals surface area contributed by atoms with Gasteiger partial charge < -0.3 is 0 Å². The predicted octanol–water partition coefficient (Wildman–Crippen LogP) is 4.58. The van der Waals surface area contributed by atoms with Gasteiger partial charge in [0, 0.05) is 21.3 Å². The maximum Gasteiger partial charge on any atom is 0.437 e. The minimum absolute atomic E-state index is 0.526. The highest BCUT2D eigenvalue weighted by Crippen LogP contribution is 2.14. The highest BCUT2D eigenvalue weighted by Gasteiger charge is 2.02. The molecule has 0 fully saturated rings. The predicted molar refractivity (Wildman–Crippen MR) is 80.6 cm³/mol. The van der Waals surface area contributed by atoms with Gasteiger partial charge in [-0.1, -0.05) is 46.6 Å². The first kappa shape index (κ1) is 14.4. The molecule has 2 rings (SSSR count). The normalized spacial score (nSPS) is 10.5. The second kappa shape index (κ2) is 6.93. The Morgan fingerprint density at radius 2 is 1.80 bits per heavy atom. The Morgan fingerprint density at radius 3 is 2.50 bits per heavy atom. The smallest absolute Gasteiger partial charge is 0.298 e. The van der Waals surface area contributed by atoms with E-state index in [0.29, 0.717) is 21.3 Å². The third-order valence-corrected chi connectivity index (χ3v) is 2.92. The van der Waals surface area contributed by atoms with Gasteiger partial charge in [0.1, 0.15) is 0 Å². The molecule has 0 aliphatic heterocycles.